The highest BCUT2D eigenvalue weighted by Crippen LogP contribution is 2.26. The normalized spacial score (nSPS) is 22.4. The Morgan fingerprint density at radius 3 is 3.10 bits per heavy atom. The molecule has 21 heavy (non-hydrogen) atoms. The summed E-state index contributed by atoms with van der Waals surface area (Å²) in [6.07, 6.45) is -0.0760. The molecule has 4 nitrogen and oxygen atoms in total. The van der Waals surface area contributed by atoms with Gasteiger partial charge in [0.05, 0.1) is 12.7 Å². The summed E-state index contributed by atoms with van der Waals surface area (Å²) in [5, 5.41) is 6.63. The van der Waals surface area contributed by atoms with Gasteiger partial charge in [-0.2, -0.15) is 0 Å². The van der Waals surface area contributed by atoms with Gasteiger partial charge in [-0.05, 0) is 29.3 Å². The molecule has 0 saturated carbocycles. The fraction of sp³-hybridized carbons (Fsp3) is 0.438. The maximum absolute atomic E-state index is 12.6. The van der Waals surface area contributed by atoms with E-state index in [1.165, 1.54) is 15.6 Å². The zero-order valence-electron chi connectivity index (χ0n) is 12.3. The highest BCUT2D eigenvalue weighted by Gasteiger charge is 2.30. The van der Waals surface area contributed by atoms with Crippen LogP contribution in [-0.4, -0.2) is 43.2 Å². The lowest BCUT2D eigenvalue weighted by Crippen LogP contribution is -2.55. The predicted molar refractivity (Wildman–Crippen MR) is 85.5 cm³/mol. The summed E-state index contributed by atoms with van der Waals surface area (Å²) < 4.78 is 6.82. The van der Waals surface area contributed by atoms with Crippen LogP contribution in [0.3, 0.4) is 0 Å². The van der Waals surface area contributed by atoms with Crippen LogP contribution in [0.1, 0.15) is 12.5 Å². The summed E-state index contributed by atoms with van der Waals surface area (Å²) in [5.41, 5.74) is 1.20. The largest absolute Gasteiger partial charge is 0.375 e. The van der Waals surface area contributed by atoms with Crippen molar-refractivity contribution in [3.05, 3.63) is 35.2 Å². The molecule has 112 valence electrons. The number of morpholine rings is 1. The summed E-state index contributed by atoms with van der Waals surface area (Å²) in [5.74, 6) is 0.0949. The molecule has 1 aliphatic rings. The van der Waals surface area contributed by atoms with E-state index < -0.39 is 0 Å². The topological polar surface area (TPSA) is 41.6 Å². The number of fused-ring (bicyclic) bond motifs is 1. The summed E-state index contributed by atoms with van der Waals surface area (Å²) in [6.45, 7) is 3.98. The number of hydrogen-bond acceptors (Lipinski definition) is 4. The summed E-state index contributed by atoms with van der Waals surface area (Å²) in [7, 11) is 1.86. The van der Waals surface area contributed by atoms with Crippen molar-refractivity contribution in [3.8, 4) is 0 Å². The lowest BCUT2D eigenvalue weighted by atomic mass is 10.1. The molecular formula is C16H20N2O2S. The SMILES string of the molecule is C[C@H]1OCCN[C@@H]1C(=O)N(C)Cc1csc2ccccc12. The summed E-state index contributed by atoms with van der Waals surface area (Å²) in [6, 6.07) is 8.07. The van der Waals surface area contributed by atoms with Gasteiger partial charge in [0.15, 0.2) is 0 Å². The van der Waals surface area contributed by atoms with Gasteiger partial charge in [-0.25, -0.2) is 0 Å². The van der Waals surface area contributed by atoms with Crippen molar-refractivity contribution < 1.29 is 9.53 Å². The third-order valence-corrected chi connectivity index (χ3v) is 4.94. The van der Waals surface area contributed by atoms with Crippen LogP contribution in [0.2, 0.25) is 0 Å². The van der Waals surface area contributed by atoms with Crippen LogP contribution < -0.4 is 5.32 Å². The van der Waals surface area contributed by atoms with Gasteiger partial charge < -0.3 is 15.0 Å². The highest BCUT2D eigenvalue weighted by molar-refractivity contribution is 7.17. The second-order valence-electron chi connectivity index (χ2n) is 5.46. The Kier molecular flexibility index (Phi) is 4.24. The quantitative estimate of drug-likeness (QED) is 0.945. The molecule has 0 bridgehead atoms. The minimum atomic E-state index is -0.242. The number of rotatable bonds is 3. The van der Waals surface area contributed by atoms with Crippen molar-refractivity contribution in [2.75, 3.05) is 20.2 Å². The second-order valence-corrected chi connectivity index (χ2v) is 6.37. The third kappa shape index (κ3) is 2.95. The molecule has 0 radical (unpaired) electrons. The lowest BCUT2D eigenvalue weighted by Gasteiger charge is -2.32. The number of amides is 1. The van der Waals surface area contributed by atoms with Crippen LogP contribution >= 0.6 is 11.3 Å². The monoisotopic (exact) mass is 304 g/mol. The summed E-state index contributed by atoms with van der Waals surface area (Å²) >= 11 is 1.73. The Balaban J connectivity index is 1.73. The molecule has 0 spiro atoms. The van der Waals surface area contributed by atoms with E-state index in [0.717, 1.165) is 6.54 Å². The molecule has 1 saturated heterocycles. The molecule has 1 N–H and O–H groups in total. The molecule has 1 fully saturated rings. The Bertz CT molecular complexity index is 640. The first kappa shape index (κ1) is 14.5. The van der Waals surface area contributed by atoms with Crippen LogP contribution in [0.25, 0.3) is 10.1 Å². The van der Waals surface area contributed by atoms with Gasteiger partial charge in [0.2, 0.25) is 5.91 Å². The number of carbonyl (C=O) groups excluding carboxylic acids is 1. The van der Waals surface area contributed by atoms with Crippen molar-refractivity contribution in [3.63, 3.8) is 0 Å². The number of likely N-dealkylation sites (N-methyl/N-ethyl adjacent to an activating group) is 1. The number of ether oxygens (including phenoxy) is 1. The molecule has 1 aromatic carbocycles. The van der Waals surface area contributed by atoms with Gasteiger partial charge in [0.25, 0.3) is 0 Å². The van der Waals surface area contributed by atoms with Crippen LogP contribution in [-0.2, 0) is 16.1 Å². The molecular weight excluding hydrogens is 284 g/mol. The van der Waals surface area contributed by atoms with Gasteiger partial charge in [-0.1, -0.05) is 18.2 Å². The van der Waals surface area contributed by atoms with Gasteiger partial charge in [0, 0.05) is 24.8 Å². The number of thiophene rings is 1. The Morgan fingerprint density at radius 2 is 2.29 bits per heavy atom. The minimum absolute atomic E-state index is 0.0760. The molecule has 1 amide bonds. The number of nitrogens with zero attached hydrogens (tertiary/aromatic N) is 1. The Hall–Kier alpha value is -1.43. The number of carbonyl (C=O) groups is 1. The van der Waals surface area contributed by atoms with Crippen LogP contribution in [0.5, 0.6) is 0 Å². The standard InChI is InChI=1S/C16H20N2O2S/c1-11-15(17-7-8-20-11)16(19)18(2)9-12-10-21-14-6-4-3-5-13(12)14/h3-6,10-11,15,17H,7-9H2,1-2H3/t11-,15+/m1/s1. The van der Waals surface area contributed by atoms with E-state index in [-0.39, 0.29) is 18.1 Å². The fourth-order valence-electron chi connectivity index (χ4n) is 2.74. The predicted octanol–water partition coefficient (Wildman–Crippen LogP) is 2.24. The lowest BCUT2D eigenvalue weighted by molar-refractivity contribution is -0.138. The minimum Gasteiger partial charge on any atom is -0.375 e. The van der Waals surface area contributed by atoms with E-state index in [2.05, 4.69) is 22.8 Å². The van der Waals surface area contributed by atoms with E-state index in [1.54, 1.807) is 16.2 Å². The first-order valence-electron chi connectivity index (χ1n) is 7.22. The van der Waals surface area contributed by atoms with E-state index in [9.17, 15) is 4.79 Å². The van der Waals surface area contributed by atoms with Crippen molar-refractivity contribution in [1.29, 1.82) is 0 Å². The van der Waals surface area contributed by atoms with Crippen molar-refractivity contribution >= 4 is 27.3 Å². The Morgan fingerprint density at radius 1 is 1.48 bits per heavy atom. The van der Waals surface area contributed by atoms with Crippen molar-refractivity contribution in [1.82, 2.24) is 10.2 Å². The van der Waals surface area contributed by atoms with E-state index in [0.29, 0.717) is 13.2 Å². The molecule has 2 atom stereocenters. The van der Waals surface area contributed by atoms with Crippen LogP contribution in [0.15, 0.2) is 29.6 Å². The van der Waals surface area contributed by atoms with Gasteiger partial charge in [-0.3, -0.25) is 4.79 Å². The summed E-state index contributed by atoms with van der Waals surface area (Å²) in [4.78, 5) is 14.3. The smallest absolute Gasteiger partial charge is 0.242 e. The molecule has 5 heteroatoms. The first-order valence-corrected chi connectivity index (χ1v) is 8.10. The van der Waals surface area contributed by atoms with E-state index in [1.807, 2.05) is 26.1 Å². The van der Waals surface area contributed by atoms with E-state index in [4.69, 9.17) is 4.74 Å². The molecule has 1 aliphatic heterocycles. The molecule has 0 aliphatic carbocycles. The van der Waals surface area contributed by atoms with Crippen molar-refractivity contribution in [2.45, 2.75) is 25.6 Å². The maximum Gasteiger partial charge on any atom is 0.242 e. The van der Waals surface area contributed by atoms with Gasteiger partial charge in [-0.15, -0.1) is 11.3 Å². The van der Waals surface area contributed by atoms with Crippen LogP contribution in [0.4, 0.5) is 0 Å². The van der Waals surface area contributed by atoms with Gasteiger partial charge >= 0.3 is 0 Å². The molecule has 2 aromatic rings. The van der Waals surface area contributed by atoms with Crippen LogP contribution in [0, 0.1) is 0 Å². The van der Waals surface area contributed by atoms with E-state index >= 15 is 0 Å². The fourth-order valence-corrected chi connectivity index (χ4v) is 3.69. The zero-order valence-corrected chi connectivity index (χ0v) is 13.2. The Labute approximate surface area is 128 Å². The number of hydrogen-bond donors (Lipinski definition) is 1. The number of benzene rings is 1. The molecule has 1 aromatic heterocycles. The average Bonchev–Trinajstić information content (AvgIpc) is 2.90. The third-order valence-electron chi connectivity index (χ3n) is 3.93. The molecule has 3 rings (SSSR count). The van der Waals surface area contributed by atoms with Gasteiger partial charge in [0.1, 0.15) is 6.04 Å². The highest BCUT2D eigenvalue weighted by atomic mass is 32.1. The average molecular weight is 304 g/mol. The molecule has 0 unspecified atom stereocenters. The van der Waals surface area contributed by atoms with Crippen molar-refractivity contribution in [2.24, 2.45) is 0 Å². The second kappa shape index (κ2) is 6.13. The first-order chi connectivity index (χ1) is 10.2. The zero-order chi connectivity index (χ0) is 14.8. The maximum atomic E-state index is 12.6. The number of nitrogens with one attached hydrogen (secondary N) is 1. The molecule has 2 heterocycles.